The number of aliphatic hydroxyl groups is 1. The molecule has 35 heteroatoms. The lowest BCUT2D eigenvalue weighted by atomic mass is 10.0. The number of carbonyl (C=O) groups excluding carboxylic acids is 10. The van der Waals surface area contributed by atoms with Gasteiger partial charge in [0.25, 0.3) is 0 Å². The molecule has 0 aromatic heterocycles. The van der Waals surface area contributed by atoms with Crippen LogP contribution in [0.15, 0.2) is 59.6 Å². The second-order valence-corrected chi connectivity index (χ2v) is 22.3. The Kier molecular flexibility index (Phi) is 33.8. The number of nitrogens with one attached hydrogen (secondary N) is 9. The summed E-state index contributed by atoms with van der Waals surface area (Å²) >= 11 is 8.43. The molecule has 508 valence electrons. The van der Waals surface area contributed by atoms with Gasteiger partial charge in [0.2, 0.25) is 59.1 Å². The highest BCUT2D eigenvalue weighted by Gasteiger charge is 2.40. The molecule has 0 unspecified atom stereocenters. The Labute approximate surface area is 540 Å². The highest BCUT2D eigenvalue weighted by molar-refractivity contribution is 7.80. The van der Waals surface area contributed by atoms with Gasteiger partial charge in [0.1, 0.15) is 72.2 Å². The fraction of sp³-hybridized carbons (Fsp3) is 0.544. The van der Waals surface area contributed by atoms with E-state index in [0.717, 1.165) is 4.90 Å². The largest absolute Gasteiger partial charge is 0.508 e. The van der Waals surface area contributed by atoms with E-state index in [0.29, 0.717) is 24.0 Å². The molecule has 0 saturated carbocycles. The minimum atomic E-state index is -1.77. The van der Waals surface area contributed by atoms with Gasteiger partial charge < -0.3 is 101 Å². The number of carboxylic acids is 3. The van der Waals surface area contributed by atoms with Gasteiger partial charge in [-0.3, -0.25) is 62.5 Å². The molecule has 92 heavy (non-hydrogen) atoms. The normalized spacial score (nSPS) is 15.9. The lowest BCUT2D eigenvalue weighted by molar-refractivity contribution is -0.150. The summed E-state index contributed by atoms with van der Waals surface area (Å²) in [6.07, 6.45) is -1.97. The number of benzene rings is 2. The summed E-state index contributed by atoms with van der Waals surface area (Å²) in [5, 5.41) is 70.6. The van der Waals surface area contributed by atoms with Crippen LogP contribution in [0.3, 0.4) is 0 Å². The number of carboxylic acid groups (broad SMARTS) is 3. The molecule has 0 radical (unpaired) electrons. The number of hydrogen-bond donors (Lipinski definition) is 20. The zero-order valence-corrected chi connectivity index (χ0v) is 52.4. The number of phenolic OH excluding ortho intramolecular Hbond substituents is 1. The van der Waals surface area contributed by atoms with Crippen molar-refractivity contribution in [2.75, 3.05) is 37.7 Å². The van der Waals surface area contributed by atoms with Crippen LogP contribution in [-0.4, -0.2) is 218 Å². The third kappa shape index (κ3) is 27.0. The number of aromatic hydroxyl groups is 1. The number of aliphatic hydroxyl groups excluding tert-OH is 1. The zero-order chi connectivity index (χ0) is 68.6. The standard InChI is InChI=1S/C57H85N15O18S2/c1-30(63-47(80)34(59)27-73)46(79)64-36(12-7-23-62-57(60)61)49(82)68-39(25-31-9-3-2-4-10-31)52(85)69-40(26-32-14-16-33(74)17-15-32)51(84)66-37(18-20-44(75)76)50(83)70-42(29-92)54(87)71-41(28-91)53(86)65-35(11-5-6-22-58)48(81)67-38(19-21-45(77)78)55(88)72-24-8-13-43(72)56(89)90/h2-4,9-10,14-17,30,34-43,73-74,91-92H,5-8,11-13,18-29,58-59H2,1H3,(H,63,80)(H,64,79)(H,65,86)(H,66,84)(H,67,81)(H,68,82)(H,69,85)(H,70,83)(H,71,87)(H,75,76)(H,77,78)(H,89,90)(H4,60,61,62)/t30-,34-,35-,36-,37-,38-,39-,40-,41-,42-,43-/m0/s1. The van der Waals surface area contributed by atoms with Crippen molar-refractivity contribution in [3.8, 4) is 5.75 Å². The predicted molar refractivity (Wildman–Crippen MR) is 337 cm³/mol. The second-order valence-electron chi connectivity index (χ2n) is 21.6. The number of likely N-dealkylation sites (tertiary alicyclic amines) is 1. The van der Waals surface area contributed by atoms with Gasteiger partial charge in [-0.15, -0.1) is 0 Å². The number of aliphatic imine (C=N–C) groups is 1. The van der Waals surface area contributed by atoms with Gasteiger partial charge >= 0.3 is 17.9 Å². The maximum atomic E-state index is 14.7. The molecule has 22 N–H and O–H groups in total. The maximum absolute atomic E-state index is 14.7. The Morgan fingerprint density at radius 2 is 0.978 bits per heavy atom. The summed E-state index contributed by atoms with van der Waals surface area (Å²) in [5.41, 5.74) is 23.1. The predicted octanol–water partition coefficient (Wildman–Crippen LogP) is -5.27. The van der Waals surface area contributed by atoms with E-state index in [1.807, 2.05) is 0 Å². The van der Waals surface area contributed by atoms with Gasteiger partial charge in [-0.25, -0.2) is 4.79 Å². The van der Waals surface area contributed by atoms with Gasteiger partial charge in [0.15, 0.2) is 5.96 Å². The molecule has 33 nitrogen and oxygen atoms in total. The van der Waals surface area contributed by atoms with E-state index in [-0.39, 0.29) is 76.3 Å². The van der Waals surface area contributed by atoms with Crippen LogP contribution in [0.1, 0.15) is 88.7 Å². The highest BCUT2D eigenvalue weighted by atomic mass is 32.1. The monoisotopic (exact) mass is 1330 g/mol. The van der Waals surface area contributed by atoms with Gasteiger partial charge in [0, 0.05) is 50.3 Å². The number of rotatable bonds is 41. The number of phenols is 1. The number of unbranched alkanes of at least 4 members (excludes halogenated alkanes) is 1. The molecule has 2 aromatic rings. The number of carbonyl (C=O) groups is 13. The van der Waals surface area contributed by atoms with Gasteiger partial charge in [-0.05, 0) is 94.5 Å². The van der Waals surface area contributed by atoms with Gasteiger partial charge in [-0.1, -0.05) is 42.5 Å². The van der Waals surface area contributed by atoms with Crippen LogP contribution in [0.5, 0.6) is 5.75 Å². The quantitative estimate of drug-likeness (QED) is 0.0128. The third-order valence-electron chi connectivity index (χ3n) is 14.4. The van der Waals surface area contributed by atoms with E-state index in [1.54, 1.807) is 30.3 Å². The molecule has 0 spiro atoms. The highest BCUT2D eigenvalue weighted by Crippen LogP contribution is 2.21. The van der Waals surface area contributed by atoms with E-state index in [2.05, 4.69) is 78.1 Å². The van der Waals surface area contributed by atoms with Gasteiger partial charge in [-0.2, -0.15) is 25.3 Å². The fourth-order valence-corrected chi connectivity index (χ4v) is 9.79. The topological polar surface area (TPSA) is 551 Å². The lowest BCUT2D eigenvalue weighted by Crippen LogP contribution is -2.61. The molecule has 1 heterocycles. The van der Waals surface area contributed by atoms with Crippen molar-refractivity contribution in [1.29, 1.82) is 0 Å². The summed E-state index contributed by atoms with van der Waals surface area (Å²) < 4.78 is 0. The van der Waals surface area contributed by atoms with E-state index in [1.165, 1.54) is 31.2 Å². The summed E-state index contributed by atoms with van der Waals surface area (Å²) in [6, 6.07) is -2.71. The van der Waals surface area contributed by atoms with Crippen LogP contribution >= 0.6 is 25.3 Å². The molecule has 11 atom stereocenters. The summed E-state index contributed by atoms with van der Waals surface area (Å²) in [4.78, 5) is 179. The molecular formula is C57H85N15O18S2. The fourth-order valence-electron chi connectivity index (χ4n) is 9.28. The molecule has 2 aromatic carbocycles. The van der Waals surface area contributed by atoms with Crippen LogP contribution < -0.4 is 70.8 Å². The number of nitrogens with two attached hydrogens (primary N) is 4. The van der Waals surface area contributed by atoms with E-state index in [9.17, 15) is 87.9 Å². The lowest BCUT2D eigenvalue weighted by Gasteiger charge is -2.29. The van der Waals surface area contributed by atoms with Crippen LogP contribution in [0, 0.1) is 0 Å². The van der Waals surface area contributed by atoms with E-state index >= 15 is 0 Å². The van der Waals surface area contributed by atoms with Crippen molar-refractivity contribution in [2.45, 2.75) is 157 Å². The second kappa shape index (κ2) is 40.1. The van der Waals surface area contributed by atoms with Crippen molar-refractivity contribution in [3.05, 3.63) is 65.7 Å². The van der Waals surface area contributed by atoms with Crippen molar-refractivity contribution < 1.29 is 87.9 Å². The molecule has 3 rings (SSSR count). The third-order valence-corrected chi connectivity index (χ3v) is 15.1. The Balaban J connectivity index is 1.94. The number of thiol groups is 2. The minimum Gasteiger partial charge on any atom is -0.508 e. The van der Waals surface area contributed by atoms with Crippen LogP contribution in [0.25, 0.3) is 0 Å². The summed E-state index contributed by atoms with van der Waals surface area (Å²) in [6.45, 7) is 0.768. The number of hydrogen-bond acceptors (Lipinski definition) is 20. The van der Waals surface area contributed by atoms with Crippen molar-refractivity contribution in [2.24, 2.45) is 27.9 Å². The average Bonchev–Trinajstić information content (AvgIpc) is 1.59. The first-order valence-corrected chi connectivity index (χ1v) is 30.7. The molecular weight excluding hydrogens is 1250 g/mol. The zero-order valence-electron chi connectivity index (χ0n) is 50.6. The Morgan fingerprint density at radius 1 is 0.554 bits per heavy atom. The van der Waals surface area contributed by atoms with Gasteiger partial charge in [0.05, 0.1) is 6.61 Å². The molecule has 1 fully saturated rings. The Morgan fingerprint density at radius 3 is 1.45 bits per heavy atom. The Bertz CT molecular complexity index is 2890. The maximum Gasteiger partial charge on any atom is 0.326 e. The van der Waals surface area contributed by atoms with E-state index < -0.39 is 187 Å². The summed E-state index contributed by atoms with van der Waals surface area (Å²) in [7, 11) is 0. The van der Waals surface area contributed by atoms with Crippen LogP contribution in [0.2, 0.25) is 0 Å². The molecule has 1 aliphatic heterocycles. The number of amides is 10. The number of aliphatic carboxylic acids is 3. The number of guanidine groups is 1. The molecule has 0 aliphatic carbocycles. The van der Waals surface area contributed by atoms with Crippen molar-refractivity contribution in [3.63, 3.8) is 0 Å². The molecule has 1 aliphatic rings. The first-order chi connectivity index (χ1) is 43.6. The SMILES string of the molecule is C[C@H](NC(=O)[C@@H](N)CO)C(=O)N[C@@H](CCCN=C(N)N)C(=O)N[C@@H](Cc1ccccc1)C(=O)N[C@@H](Cc1ccc(O)cc1)C(=O)N[C@@H](CCC(=O)O)C(=O)N[C@@H](CS)C(=O)N[C@@H](CS)C(=O)N[C@@H](CCCCN)C(=O)N[C@@H](CCC(=O)O)C(=O)N1CCC[C@H]1C(=O)O. The molecule has 10 amide bonds. The number of nitrogens with zero attached hydrogens (tertiary/aromatic N) is 2. The molecule has 1 saturated heterocycles. The smallest absolute Gasteiger partial charge is 0.326 e. The molecule has 0 bridgehead atoms. The van der Waals surface area contributed by atoms with Crippen LogP contribution in [-0.2, 0) is 75.2 Å². The first kappa shape index (κ1) is 77.4. The summed E-state index contributed by atoms with van der Waals surface area (Å²) in [5.74, 6) is -15.1. The van der Waals surface area contributed by atoms with Crippen LogP contribution in [0.4, 0.5) is 0 Å². The average molecular weight is 1330 g/mol. The van der Waals surface area contributed by atoms with Crippen molar-refractivity contribution >= 4 is 108 Å². The van der Waals surface area contributed by atoms with Crippen molar-refractivity contribution in [1.82, 2.24) is 52.8 Å². The minimum absolute atomic E-state index is 0.000370. The Hall–Kier alpha value is -8.80. The van der Waals surface area contributed by atoms with E-state index in [4.69, 9.17) is 22.9 Å². The first-order valence-electron chi connectivity index (χ1n) is 29.5.